The third-order valence-corrected chi connectivity index (χ3v) is 4.34. The summed E-state index contributed by atoms with van der Waals surface area (Å²) < 4.78 is 0. The molecular weight excluding hydrogens is 328 g/mol. The SMILES string of the molecule is CCCN(C)C(=O)N1CCc2nc(Nc3cccc(C#N)c3)ncc2C1. The lowest BCUT2D eigenvalue weighted by Crippen LogP contribution is -2.44. The van der Waals surface area contributed by atoms with E-state index in [2.05, 4.69) is 28.3 Å². The molecule has 0 unspecified atom stereocenters. The Labute approximate surface area is 153 Å². The Hall–Kier alpha value is -3.14. The minimum atomic E-state index is 0.0491. The Morgan fingerprint density at radius 2 is 2.31 bits per heavy atom. The molecule has 7 nitrogen and oxygen atoms in total. The van der Waals surface area contributed by atoms with Crippen LogP contribution < -0.4 is 5.32 Å². The fourth-order valence-electron chi connectivity index (χ4n) is 3.01. The number of amides is 2. The maximum absolute atomic E-state index is 12.4. The minimum absolute atomic E-state index is 0.0491. The van der Waals surface area contributed by atoms with Crippen LogP contribution in [-0.4, -0.2) is 45.9 Å². The lowest BCUT2D eigenvalue weighted by Gasteiger charge is -2.31. The quantitative estimate of drug-likeness (QED) is 0.916. The van der Waals surface area contributed by atoms with Gasteiger partial charge in [-0.3, -0.25) is 0 Å². The number of aromatic nitrogens is 2. The number of carbonyl (C=O) groups is 1. The zero-order chi connectivity index (χ0) is 18.5. The molecule has 0 fully saturated rings. The Balaban J connectivity index is 1.71. The van der Waals surface area contributed by atoms with E-state index in [0.717, 1.165) is 29.9 Å². The molecule has 2 heterocycles. The Morgan fingerprint density at radius 1 is 1.46 bits per heavy atom. The normalized spacial score (nSPS) is 12.9. The lowest BCUT2D eigenvalue weighted by atomic mass is 10.1. The van der Waals surface area contributed by atoms with E-state index in [-0.39, 0.29) is 6.03 Å². The van der Waals surface area contributed by atoms with Crippen molar-refractivity contribution >= 4 is 17.7 Å². The molecule has 1 aliphatic rings. The average Bonchev–Trinajstić information content (AvgIpc) is 2.67. The third-order valence-electron chi connectivity index (χ3n) is 4.34. The minimum Gasteiger partial charge on any atom is -0.328 e. The molecule has 1 aromatic heterocycles. The van der Waals surface area contributed by atoms with Crippen LogP contribution in [0.2, 0.25) is 0 Å². The van der Waals surface area contributed by atoms with Gasteiger partial charge in [0.05, 0.1) is 23.9 Å². The molecule has 1 N–H and O–H groups in total. The lowest BCUT2D eigenvalue weighted by molar-refractivity contribution is 0.157. The van der Waals surface area contributed by atoms with E-state index in [4.69, 9.17) is 5.26 Å². The number of hydrogen-bond acceptors (Lipinski definition) is 5. The highest BCUT2D eigenvalue weighted by Crippen LogP contribution is 2.21. The molecule has 0 atom stereocenters. The van der Waals surface area contributed by atoms with Gasteiger partial charge in [0, 0.05) is 44.0 Å². The van der Waals surface area contributed by atoms with Crippen LogP contribution in [0.25, 0.3) is 0 Å². The van der Waals surface area contributed by atoms with Gasteiger partial charge in [-0.1, -0.05) is 13.0 Å². The van der Waals surface area contributed by atoms with Crippen molar-refractivity contribution < 1.29 is 4.79 Å². The predicted octanol–water partition coefficient (Wildman–Crippen LogP) is 2.91. The van der Waals surface area contributed by atoms with Crippen molar-refractivity contribution in [1.29, 1.82) is 5.26 Å². The van der Waals surface area contributed by atoms with Crippen LogP contribution >= 0.6 is 0 Å². The maximum Gasteiger partial charge on any atom is 0.320 e. The zero-order valence-corrected chi connectivity index (χ0v) is 15.1. The van der Waals surface area contributed by atoms with Crippen molar-refractivity contribution in [3.63, 3.8) is 0 Å². The summed E-state index contributed by atoms with van der Waals surface area (Å²) in [7, 11) is 1.83. The van der Waals surface area contributed by atoms with Gasteiger partial charge in [-0.2, -0.15) is 5.26 Å². The highest BCUT2D eigenvalue weighted by Gasteiger charge is 2.24. The van der Waals surface area contributed by atoms with Gasteiger partial charge in [-0.25, -0.2) is 14.8 Å². The molecule has 1 aromatic carbocycles. The number of nitrogens with zero attached hydrogens (tertiary/aromatic N) is 5. The van der Waals surface area contributed by atoms with Crippen molar-refractivity contribution in [3.05, 3.63) is 47.3 Å². The van der Waals surface area contributed by atoms with Gasteiger partial charge in [0.25, 0.3) is 0 Å². The molecule has 2 amide bonds. The van der Waals surface area contributed by atoms with Crippen LogP contribution in [0.15, 0.2) is 30.5 Å². The van der Waals surface area contributed by atoms with E-state index in [1.807, 2.05) is 24.1 Å². The van der Waals surface area contributed by atoms with Crippen LogP contribution in [0.3, 0.4) is 0 Å². The monoisotopic (exact) mass is 350 g/mol. The Bertz CT molecular complexity index is 844. The number of hydrogen-bond donors (Lipinski definition) is 1. The van der Waals surface area contributed by atoms with Crippen LogP contribution in [0, 0.1) is 11.3 Å². The molecule has 0 radical (unpaired) electrons. The second-order valence-electron chi connectivity index (χ2n) is 6.36. The van der Waals surface area contributed by atoms with Crippen molar-refractivity contribution in [2.45, 2.75) is 26.3 Å². The molecule has 0 saturated carbocycles. The van der Waals surface area contributed by atoms with Gasteiger partial charge >= 0.3 is 6.03 Å². The molecule has 2 aromatic rings. The first-order chi connectivity index (χ1) is 12.6. The first-order valence-electron chi connectivity index (χ1n) is 8.72. The predicted molar refractivity (Wildman–Crippen MR) is 98.9 cm³/mol. The second kappa shape index (κ2) is 7.83. The highest BCUT2D eigenvalue weighted by molar-refractivity contribution is 5.74. The van der Waals surface area contributed by atoms with E-state index >= 15 is 0 Å². The van der Waals surface area contributed by atoms with Crippen LogP contribution in [0.4, 0.5) is 16.4 Å². The van der Waals surface area contributed by atoms with Crippen LogP contribution in [0.1, 0.15) is 30.2 Å². The maximum atomic E-state index is 12.4. The molecule has 7 heteroatoms. The topological polar surface area (TPSA) is 85.2 Å². The molecule has 0 saturated heterocycles. The number of nitrogens with one attached hydrogen (secondary N) is 1. The smallest absolute Gasteiger partial charge is 0.320 e. The summed E-state index contributed by atoms with van der Waals surface area (Å²) in [6, 6.07) is 9.35. The Morgan fingerprint density at radius 3 is 3.08 bits per heavy atom. The van der Waals surface area contributed by atoms with Crippen LogP contribution in [0.5, 0.6) is 0 Å². The largest absolute Gasteiger partial charge is 0.328 e. The van der Waals surface area contributed by atoms with Gasteiger partial charge in [0.2, 0.25) is 5.95 Å². The Kier molecular flexibility index (Phi) is 5.32. The number of anilines is 2. The number of rotatable bonds is 4. The second-order valence-corrected chi connectivity index (χ2v) is 6.36. The summed E-state index contributed by atoms with van der Waals surface area (Å²) in [5.74, 6) is 0.502. The van der Waals surface area contributed by atoms with E-state index in [9.17, 15) is 4.79 Å². The number of benzene rings is 1. The van der Waals surface area contributed by atoms with Gasteiger partial charge < -0.3 is 15.1 Å². The van der Waals surface area contributed by atoms with Gasteiger partial charge in [-0.05, 0) is 24.6 Å². The summed E-state index contributed by atoms with van der Waals surface area (Å²) >= 11 is 0. The molecule has 0 aliphatic carbocycles. The van der Waals surface area contributed by atoms with Gasteiger partial charge in [-0.15, -0.1) is 0 Å². The standard InChI is InChI=1S/C19H22N6O/c1-3-8-24(2)19(26)25-9-7-17-15(13-25)12-21-18(23-17)22-16-6-4-5-14(10-16)11-20/h4-6,10,12H,3,7-9,13H2,1-2H3,(H,21,22,23). The summed E-state index contributed by atoms with van der Waals surface area (Å²) in [5.41, 5.74) is 3.29. The van der Waals surface area contributed by atoms with E-state index in [1.165, 1.54) is 0 Å². The molecule has 3 rings (SSSR count). The fraction of sp³-hybridized carbons (Fsp3) is 0.368. The highest BCUT2D eigenvalue weighted by atomic mass is 16.2. The summed E-state index contributed by atoms with van der Waals surface area (Å²) in [6.07, 6.45) is 3.42. The summed E-state index contributed by atoms with van der Waals surface area (Å²) in [5, 5.41) is 12.1. The van der Waals surface area contributed by atoms with Crippen molar-refractivity contribution in [3.8, 4) is 6.07 Å². The van der Waals surface area contributed by atoms with Gasteiger partial charge in [0.1, 0.15) is 0 Å². The molecule has 0 spiro atoms. The molecule has 134 valence electrons. The summed E-state index contributed by atoms with van der Waals surface area (Å²) in [6.45, 7) is 4.00. The fourth-order valence-corrected chi connectivity index (χ4v) is 3.01. The average molecular weight is 350 g/mol. The zero-order valence-electron chi connectivity index (χ0n) is 15.1. The molecule has 1 aliphatic heterocycles. The van der Waals surface area contributed by atoms with Crippen LogP contribution in [-0.2, 0) is 13.0 Å². The number of nitriles is 1. The van der Waals surface area contributed by atoms with Crippen molar-refractivity contribution in [1.82, 2.24) is 19.8 Å². The van der Waals surface area contributed by atoms with Crippen molar-refractivity contribution in [2.24, 2.45) is 0 Å². The van der Waals surface area contributed by atoms with E-state index in [1.54, 1.807) is 23.2 Å². The first kappa shape index (κ1) is 17.7. The van der Waals surface area contributed by atoms with E-state index in [0.29, 0.717) is 31.0 Å². The molecule has 0 bridgehead atoms. The number of fused-ring (bicyclic) bond motifs is 1. The van der Waals surface area contributed by atoms with Crippen molar-refractivity contribution in [2.75, 3.05) is 25.5 Å². The molecular formula is C19H22N6O. The molecule has 26 heavy (non-hydrogen) atoms. The first-order valence-corrected chi connectivity index (χ1v) is 8.72. The number of urea groups is 1. The third kappa shape index (κ3) is 3.91. The number of carbonyl (C=O) groups excluding carboxylic acids is 1. The van der Waals surface area contributed by atoms with E-state index < -0.39 is 0 Å². The van der Waals surface area contributed by atoms with Gasteiger partial charge in [0.15, 0.2) is 0 Å². The summed E-state index contributed by atoms with van der Waals surface area (Å²) in [4.78, 5) is 25.0.